The first-order valence-electron chi connectivity index (χ1n) is 4.96. The van der Waals surface area contributed by atoms with Gasteiger partial charge in [0.15, 0.2) is 0 Å². The van der Waals surface area contributed by atoms with Gasteiger partial charge in [0.25, 0.3) is 0 Å². The molecule has 0 aliphatic heterocycles. The zero-order valence-electron chi connectivity index (χ0n) is 9.21. The first-order chi connectivity index (χ1) is 8.05. The van der Waals surface area contributed by atoms with Crippen molar-refractivity contribution in [1.29, 1.82) is 10.5 Å². The third-order valence-corrected chi connectivity index (χ3v) is 3.69. The van der Waals surface area contributed by atoms with Gasteiger partial charge in [-0.15, -0.1) is 0 Å². The molecule has 0 aliphatic carbocycles. The fourth-order valence-electron chi connectivity index (χ4n) is 1.25. The maximum absolute atomic E-state index is 11.9. The minimum atomic E-state index is -3.82. The third kappa shape index (κ3) is 3.04. The van der Waals surface area contributed by atoms with E-state index in [9.17, 15) is 8.42 Å². The Hall–Kier alpha value is -1.89. The number of sulfonamides is 1. The summed E-state index contributed by atoms with van der Waals surface area (Å²) in [5.41, 5.74) is 0.0628. The van der Waals surface area contributed by atoms with E-state index >= 15 is 0 Å². The van der Waals surface area contributed by atoms with Crippen LogP contribution in [0.2, 0.25) is 0 Å². The first-order valence-corrected chi connectivity index (χ1v) is 6.44. The lowest BCUT2D eigenvalue weighted by atomic mass is 10.2. The molecule has 5 nitrogen and oxygen atoms in total. The number of hydrogen-bond acceptors (Lipinski definition) is 4. The van der Waals surface area contributed by atoms with Gasteiger partial charge in [-0.05, 0) is 18.6 Å². The molecular weight excluding hydrogens is 238 g/mol. The van der Waals surface area contributed by atoms with Crippen molar-refractivity contribution in [2.24, 2.45) is 0 Å². The Labute approximate surface area is 100 Å². The highest BCUT2D eigenvalue weighted by Gasteiger charge is 2.21. The Kier molecular flexibility index (Phi) is 4.22. The van der Waals surface area contributed by atoms with Gasteiger partial charge in [0.05, 0.1) is 16.5 Å². The second kappa shape index (κ2) is 5.44. The van der Waals surface area contributed by atoms with E-state index in [1.807, 2.05) is 12.1 Å². The van der Waals surface area contributed by atoms with Crippen molar-refractivity contribution < 1.29 is 8.42 Å². The van der Waals surface area contributed by atoms with E-state index in [4.69, 9.17) is 10.5 Å². The van der Waals surface area contributed by atoms with Crippen molar-refractivity contribution >= 4 is 10.0 Å². The largest absolute Gasteiger partial charge is 0.243 e. The Morgan fingerprint density at radius 2 is 2.00 bits per heavy atom. The lowest BCUT2D eigenvalue weighted by Crippen LogP contribution is -2.33. The molecule has 0 radical (unpaired) electrons. The topological polar surface area (TPSA) is 93.8 Å². The van der Waals surface area contributed by atoms with Crippen LogP contribution in [-0.2, 0) is 10.0 Å². The van der Waals surface area contributed by atoms with Crippen LogP contribution >= 0.6 is 0 Å². The van der Waals surface area contributed by atoms with Crippen LogP contribution in [0.25, 0.3) is 0 Å². The molecule has 1 aromatic carbocycles. The van der Waals surface area contributed by atoms with E-state index in [-0.39, 0.29) is 10.5 Å². The van der Waals surface area contributed by atoms with E-state index < -0.39 is 16.1 Å². The molecule has 0 spiro atoms. The number of nitriles is 2. The van der Waals surface area contributed by atoms with E-state index in [2.05, 4.69) is 4.72 Å². The Morgan fingerprint density at radius 3 is 2.53 bits per heavy atom. The van der Waals surface area contributed by atoms with Gasteiger partial charge in [-0.25, -0.2) is 8.42 Å². The van der Waals surface area contributed by atoms with Crippen LogP contribution in [0.5, 0.6) is 0 Å². The van der Waals surface area contributed by atoms with Crippen LogP contribution in [0.15, 0.2) is 29.2 Å². The summed E-state index contributed by atoms with van der Waals surface area (Å²) in [6.07, 6.45) is 0.366. The second-order valence-corrected chi connectivity index (χ2v) is 5.00. The zero-order valence-corrected chi connectivity index (χ0v) is 10.0. The molecule has 0 bridgehead atoms. The summed E-state index contributed by atoms with van der Waals surface area (Å²) in [6, 6.07) is 8.74. The molecule has 0 aliphatic rings. The summed E-state index contributed by atoms with van der Waals surface area (Å²) in [5.74, 6) is 0. The lowest BCUT2D eigenvalue weighted by molar-refractivity contribution is 0.569. The average molecular weight is 249 g/mol. The minimum Gasteiger partial charge on any atom is -0.207 e. The number of nitrogens with zero attached hydrogens (tertiary/aromatic N) is 2. The van der Waals surface area contributed by atoms with Gasteiger partial charge in [0.1, 0.15) is 12.1 Å². The standard InChI is InChI=1S/C11H11N3O2S/c1-2-10(8-13)14-17(15,16)11-6-4-3-5-9(11)7-12/h3-6,10,14H,2H2,1H3. The molecule has 1 atom stereocenters. The second-order valence-electron chi connectivity index (χ2n) is 3.32. The number of rotatable bonds is 4. The van der Waals surface area contributed by atoms with E-state index in [1.165, 1.54) is 18.2 Å². The molecule has 1 N–H and O–H groups in total. The molecule has 0 aromatic heterocycles. The van der Waals surface area contributed by atoms with Crippen LogP contribution in [0.4, 0.5) is 0 Å². The maximum atomic E-state index is 11.9. The molecule has 0 heterocycles. The van der Waals surface area contributed by atoms with E-state index in [0.29, 0.717) is 6.42 Å². The van der Waals surface area contributed by atoms with Crippen molar-refractivity contribution in [3.05, 3.63) is 29.8 Å². The number of nitrogens with one attached hydrogen (secondary N) is 1. The Balaban J connectivity index is 3.16. The SMILES string of the molecule is CCC(C#N)NS(=O)(=O)c1ccccc1C#N. The highest BCUT2D eigenvalue weighted by atomic mass is 32.2. The summed E-state index contributed by atoms with van der Waals surface area (Å²) < 4.78 is 26.1. The Bertz CT molecular complexity index is 581. The summed E-state index contributed by atoms with van der Waals surface area (Å²) in [6.45, 7) is 1.70. The predicted molar refractivity (Wildman–Crippen MR) is 61.2 cm³/mol. The summed E-state index contributed by atoms with van der Waals surface area (Å²) in [7, 11) is -3.82. The van der Waals surface area contributed by atoms with Gasteiger partial charge in [-0.3, -0.25) is 0 Å². The lowest BCUT2D eigenvalue weighted by Gasteiger charge is -2.10. The molecule has 1 unspecified atom stereocenters. The zero-order chi connectivity index (χ0) is 12.9. The normalized spacial score (nSPS) is 12.4. The monoisotopic (exact) mass is 249 g/mol. The Morgan fingerprint density at radius 1 is 1.35 bits per heavy atom. The molecule has 1 aromatic rings. The van der Waals surface area contributed by atoms with Crippen LogP contribution in [0.3, 0.4) is 0 Å². The van der Waals surface area contributed by atoms with E-state index in [0.717, 1.165) is 0 Å². The van der Waals surface area contributed by atoms with Crippen molar-refractivity contribution in [3.63, 3.8) is 0 Å². The molecule has 0 amide bonds. The molecule has 6 heteroatoms. The molecule has 17 heavy (non-hydrogen) atoms. The molecular formula is C11H11N3O2S. The smallest absolute Gasteiger partial charge is 0.207 e. The van der Waals surface area contributed by atoms with Crippen LogP contribution in [-0.4, -0.2) is 14.5 Å². The van der Waals surface area contributed by atoms with Gasteiger partial charge in [-0.2, -0.15) is 15.2 Å². The van der Waals surface area contributed by atoms with Gasteiger partial charge in [0.2, 0.25) is 10.0 Å². The molecule has 88 valence electrons. The third-order valence-electron chi connectivity index (χ3n) is 2.16. The quantitative estimate of drug-likeness (QED) is 0.865. The van der Waals surface area contributed by atoms with Crippen molar-refractivity contribution in [2.45, 2.75) is 24.3 Å². The predicted octanol–water partition coefficient (Wildman–Crippen LogP) is 1.14. The molecule has 0 fully saturated rings. The van der Waals surface area contributed by atoms with Gasteiger partial charge < -0.3 is 0 Å². The van der Waals surface area contributed by atoms with Crippen molar-refractivity contribution in [3.8, 4) is 12.1 Å². The minimum absolute atomic E-state index is 0.0628. The number of hydrogen-bond donors (Lipinski definition) is 1. The summed E-state index contributed by atoms with van der Waals surface area (Å²) in [4.78, 5) is -0.101. The fourth-order valence-corrected chi connectivity index (χ4v) is 2.63. The van der Waals surface area contributed by atoms with Crippen LogP contribution in [0.1, 0.15) is 18.9 Å². The first kappa shape index (κ1) is 13.2. The highest BCUT2D eigenvalue weighted by Crippen LogP contribution is 2.14. The highest BCUT2D eigenvalue weighted by molar-refractivity contribution is 7.89. The van der Waals surface area contributed by atoms with Crippen molar-refractivity contribution in [1.82, 2.24) is 4.72 Å². The van der Waals surface area contributed by atoms with Gasteiger partial charge in [-0.1, -0.05) is 19.1 Å². The molecule has 1 rings (SSSR count). The molecule has 0 saturated carbocycles. The van der Waals surface area contributed by atoms with Gasteiger partial charge in [0, 0.05) is 0 Å². The van der Waals surface area contributed by atoms with E-state index in [1.54, 1.807) is 13.0 Å². The van der Waals surface area contributed by atoms with Crippen molar-refractivity contribution in [2.75, 3.05) is 0 Å². The van der Waals surface area contributed by atoms with Gasteiger partial charge >= 0.3 is 0 Å². The summed E-state index contributed by atoms with van der Waals surface area (Å²) >= 11 is 0. The maximum Gasteiger partial charge on any atom is 0.243 e. The average Bonchev–Trinajstić information content (AvgIpc) is 2.35. The summed E-state index contributed by atoms with van der Waals surface area (Å²) in [5, 5.41) is 17.5. The van der Waals surface area contributed by atoms with Crippen LogP contribution < -0.4 is 4.72 Å². The van der Waals surface area contributed by atoms with Crippen LogP contribution in [0, 0.1) is 22.7 Å². The molecule has 0 saturated heterocycles. The number of benzene rings is 1. The fraction of sp³-hybridized carbons (Fsp3) is 0.273.